The van der Waals surface area contributed by atoms with Crippen LogP contribution in [0.1, 0.15) is 54.1 Å². The van der Waals surface area contributed by atoms with Gasteiger partial charge in [-0.25, -0.2) is 4.98 Å². The molecule has 0 aliphatic heterocycles. The molecule has 4 rings (SSSR count). The monoisotopic (exact) mass is 591 g/mol. The first-order valence-corrected chi connectivity index (χ1v) is 12.9. The van der Waals surface area contributed by atoms with E-state index < -0.39 is 46.6 Å². The number of ether oxygens (including phenoxy) is 1. The van der Waals surface area contributed by atoms with Crippen LogP contribution in [0, 0.1) is 5.92 Å². The second-order valence-electron chi connectivity index (χ2n) is 10.1. The molecule has 0 fully saturated rings. The molecule has 6 nitrogen and oxygen atoms in total. The molecule has 1 unspecified atom stereocenters. The summed E-state index contributed by atoms with van der Waals surface area (Å²) in [5, 5.41) is 0.277. The van der Waals surface area contributed by atoms with Gasteiger partial charge >= 0.3 is 12.4 Å². The summed E-state index contributed by atoms with van der Waals surface area (Å²) in [7, 11) is 1.47. The van der Waals surface area contributed by atoms with Crippen LogP contribution in [0.2, 0.25) is 0 Å². The lowest BCUT2D eigenvalue weighted by Crippen LogP contribution is -2.39. The third-order valence-electron chi connectivity index (χ3n) is 6.63. The number of methoxy groups -OCH3 is 1. The molecule has 1 atom stereocenters. The van der Waals surface area contributed by atoms with Crippen molar-refractivity contribution >= 4 is 16.8 Å². The number of alkyl halides is 6. The number of halogens is 6. The fraction of sp³-hybridized carbons (Fsp3) is 0.300. The van der Waals surface area contributed by atoms with Crippen LogP contribution < -0.4 is 10.3 Å². The maximum absolute atomic E-state index is 13.8. The molecule has 1 heterocycles. The average molecular weight is 592 g/mol. The van der Waals surface area contributed by atoms with Crippen LogP contribution in [0.25, 0.3) is 16.6 Å². The molecule has 0 saturated carbocycles. The van der Waals surface area contributed by atoms with Gasteiger partial charge in [-0.15, -0.1) is 0 Å². The third-order valence-corrected chi connectivity index (χ3v) is 6.63. The Labute approximate surface area is 237 Å². The van der Waals surface area contributed by atoms with E-state index in [-0.39, 0.29) is 29.7 Å². The summed E-state index contributed by atoms with van der Waals surface area (Å²) >= 11 is 0. The van der Waals surface area contributed by atoms with E-state index in [1.807, 2.05) is 0 Å². The van der Waals surface area contributed by atoms with E-state index in [0.717, 1.165) is 4.90 Å². The van der Waals surface area contributed by atoms with Gasteiger partial charge in [-0.05, 0) is 67.4 Å². The second kappa shape index (κ2) is 11.5. The Morgan fingerprint density at radius 3 is 2.00 bits per heavy atom. The summed E-state index contributed by atoms with van der Waals surface area (Å²) in [5.74, 6) is -0.736. The Morgan fingerprint density at radius 1 is 0.905 bits per heavy atom. The molecule has 0 aliphatic carbocycles. The molecule has 3 aromatic carbocycles. The Hall–Kier alpha value is -4.35. The van der Waals surface area contributed by atoms with Crippen molar-refractivity contribution in [1.82, 2.24) is 14.5 Å². The smallest absolute Gasteiger partial charge is 0.416 e. The van der Waals surface area contributed by atoms with Gasteiger partial charge in [-0.2, -0.15) is 26.3 Å². The van der Waals surface area contributed by atoms with Crippen LogP contribution in [0.15, 0.2) is 71.5 Å². The molecule has 42 heavy (non-hydrogen) atoms. The van der Waals surface area contributed by atoms with Crippen LogP contribution in [0.3, 0.4) is 0 Å². The highest BCUT2D eigenvalue weighted by Crippen LogP contribution is 2.37. The predicted molar refractivity (Wildman–Crippen MR) is 145 cm³/mol. The molecule has 4 aromatic rings. The number of carbonyl (C=O) groups excluding carboxylic acids is 1. The van der Waals surface area contributed by atoms with Crippen molar-refractivity contribution in [3.63, 3.8) is 0 Å². The molecular formula is C30H27F6N3O3. The van der Waals surface area contributed by atoms with Gasteiger partial charge in [0.15, 0.2) is 0 Å². The largest absolute Gasteiger partial charge is 0.497 e. The third kappa shape index (κ3) is 6.27. The molecule has 0 saturated heterocycles. The number of hydrogen-bond donors (Lipinski definition) is 0. The minimum atomic E-state index is -5.13. The van der Waals surface area contributed by atoms with E-state index in [2.05, 4.69) is 4.98 Å². The van der Waals surface area contributed by atoms with Gasteiger partial charge in [0.25, 0.3) is 11.5 Å². The van der Waals surface area contributed by atoms with E-state index in [0.29, 0.717) is 29.1 Å². The van der Waals surface area contributed by atoms with Crippen molar-refractivity contribution in [3.8, 4) is 11.4 Å². The predicted octanol–water partition coefficient (Wildman–Crippen LogP) is 7.29. The van der Waals surface area contributed by atoms with E-state index in [4.69, 9.17) is 4.74 Å². The average Bonchev–Trinajstić information content (AvgIpc) is 2.94. The van der Waals surface area contributed by atoms with Crippen molar-refractivity contribution in [2.75, 3.05) is 13.7 Å². The highest BCUT2D eigenvalue weighted by atomic mass is 19.4. The number of rotatable bonds is 7. The van der Waals surface area contributed by atoms with Crippen LogP contribution in [0.4, 0.5) is 26.3 Å². The summed E-state index contributed by atoms with van der Waals surface area (Å²) in [5.41, 5.74) is -3.78. The molecule has 0 radical (unpaired) electrons. The SMILES string of the molecule is COc1ccc(-n2c(C(C)N(CC(C)C)C(=O)c3cc(C(F)(F)F)cc(C(F)(F)F)c3)nc3ccccc3c2=O)cc1. The fourth-order valence-electron chi connectivity index (χ4n) is 4.60. The lowest BCUT2D eigenvalue weighted by atomic mass is 10.0. The van der Waals surface area contributed by atoms with Crippen molar-refractivity contribution in [2.45, 2.75) is 39.2 Å². The first kappa shape index (κ1) is 30.6. The first-order chi connectivity index (χ1) is 19.6. The first-order valence-electron chi connectivity index (χ1n) is 12.9. The topological polar surface area (TPSA) is 64.4 Å². The zero-order chi connectivity index (χ0) is 31.0. The molecule has 1 amide bonds. The zero-order valence-electron chi connectivity index (χ0n) is 23.0. The number of hydrogen-bond acceptors (Lipinski definition) is 4. The molecule has 1 aromatic heterocycles. The lowest BCUT2D eigenvalue weighted by Gasteiger charge is -2.32. The molecule has 222 valence electrons. The summed E-state index contributed by atoms with van der Waals surface area (Å²) in [4.78, 5) is 33.3. The van der Waals surface area contributed by atoms with Crippen molar-refractivity contribution < 1.29 is 35.9 Å². The molecule has 12 heteroatoms. The van der Waals surface area contributed by atoms with Crippen molar-refractivity contribution in [2.24, 2.45) is 5.92 Å². The molecular weight excluding hydrogens is 564 g/mol. The van der Waals surface area contributed by atoms with E-state index >= 15 is 0 Å². The highest BCUT2D eigenvalue weighted by molar-refractivity contribution is 5.95. The summed E-state index contributed by atoms with van der Waals surface area (Å²) in [6.45, 7) is 4.95. The second-order valence-corrected chi connectivity index (χ2v) is 10.1. The molecule has 0 bridgehead atoms. The van der Waals surface area contributed by atoms with Gasteiger partial charge < -0.3 is 9.64 Å². The van der Waals surface area contributed by atoms with Gasteiger partial charge in [0.1, 0.15) is 11.6 Å². The van der Waals surface area contributed by atoms with Gasteiger partial charge in [-0.1, -0.05) is 26.0 Å². The van der Waals surface area contributed by atoms with E-state index in [9.17, 15) is 35.9 Å². The fourth-order valence-corrected chi connectivity index (χ4v) is 4.60. The van der Waals surface area contributed by atoms with Crippen molar-refractivity contribution in [3.05, 3.63) is 99.6 Å². The summed E-state index contributed by atoms with van der Waals surface area (Å²) in [6.07, 6.45) is -10.3. The quantitative estimate of drug-likeness (QED) is 0.212. The number of benzene rings is 3. The van der Waals surface area contributed by atoms with Gasteiger partial charge in [0.2, 0.25) is 0 Å². The summed E-state index contributed by atoms with van der Waals surface area (Å²) < 4.78 is 87.9. The van der Waals surface area contributed by atoms with Crippen LogP contribution >= 0.6 is 0 Å². The summed E-state index contributed by atoms with van der Waals surface area (Å²) in [6, 6.07) is 12.7. The Balaban J connectivity index is 1.93. The number of aromatic nitrogens is 2. The van der Waals surface area contributed by atoms with Gasteiger partial charge in [-0.3, -0.25) is 14.2 Å². The Morgan fingerprint density at radius 2 is 1.48 bits per heavy atom. The van der Waals surface area contributed by atoms with Crippen molar-refractivity contribution in [1.29, 1.82) is 0 Å². The molecule has 0 spiro atoms. The van der Waals surface area contributed by atoms with Crippen LogP contribution in [0.5, 0.6) is 5.75 Å². The lowest BCUT2D eigenvalue weighted by molar-refractivity contribution is -0.143. The maximum Gasteiger partial charge on any atom is 0.416 e. The molecule has 0 N–H and O–H groups in total. The van der Waals surface area contributed by atoms with E-state index in [1.165, 1.54) is 18.6 Å². The normalized spacial score (nSPS) is 12.9. The Bertz CT molecular complexity index is 1630. The number of carbonyl (C=O) groups is 1. The minimum absolute atomic E-state index is 0.0285. The zero-order valence-corrected chi connectivity index (χ0v) is 23.0. The van der Waals surface area contributed by atoms with E-state index in [1.54, 1.807) is 62.4 Å². The standard InChI is InChI=1S/C30H27F6N3O3/c1-17(2)16-38(27(40)19-13-20(29(31,32)33)15-21(14-19)30(34,35)36)18(3)26-37-25-8-6-5-7-24(25)28(41)39(26)22-9-11-23(42-4)12-10-22/h5-15,17-18H,16H2,1-4H3. The molecule has 0 aliphatic rings. The minimum Gasteiger partial charge on any atom is -0.497 e. The van der Waals surface area contributed by atoms with Crippen LogP contribution in [-0.4, -0.2) is 34.0 Å². The highest BCUT2D eigenvalue weighted by Gasteiger charge is 2.38. The number of para-hydroxylation sites is 1. The number of nitrogens with zero attached hydrogens (tertiary/aromatic N) is 3. The number of fused-ring (bicyclic) bond motifs is 1. The maximum atomic E-state index is 13.8. The van der Waals surface area contributed by atoms with Gasteiger partial charge in [0.05, 0.1) is 40.9 Å². The number of amides is 1. The van der Waals surface area contributed by atoms with Gasteiger partial charge in [0, 0.05) is 12.1 Å². The Kier molecular flexibility index (Phi) is 8.38. The van der Waals surface area contributed by atoms with Crippen LogP contribution in [-0.2, 0) is 12.4 Å².